The Hall–Kier alpha value is -8.70. The van der Waals surface area contributed by atoms with Gasteiger partial charge < -0.3 is 9.64 Å². The Bertz CT molecular complexity index is 3950. The molecule has 9 aromatic carbocycles. The molecule has 0 bridgehead atoms. The third-order valence-corrected chi connectivity index (χ3v) is 16.6. The second kappa shape index (κ2) is 18.9. The number of fused-ring (bicyclic) bond motifs is 3. The molecular formula is C72H61N3O. The summed E-state index contributed by atoms with van der Waals surface area (Å²) < 4.78 is 6.94. The van der Waals surface area contributed by atoms with Gasteiger partial charge in [0.25, 0.3) is 0 Å². The van der Waals surface area contributed by atoms with Gasteiger partial charge in [-0.15, -0.1) is 0 Å². The van der Waals surface area contributed by atoms with Gasteiger partial charge in [-0.3, -0.25) is 0 Å². The summed E-state index contributed by atoms with van der Waals surface area (Å²) in [7, 11) is 0. The number of nitriles is 2. The van der Waals surface area contributed by atoms with E-state index in [1.807, 2.05) is 18.2 Å². The maximum Gasteiger partial charge on any atom is 0.137 e. The van der Waals surface area contributed by atoms with E-state index in [9.17, 15) is 10.5 Å². The molecule has 4 nitrogen and oxygen atoms in total. The highest BCUT2D eigenvalue weighted by molar-refractivity contribution is 6.33. The second-order valence-corrected chi connectivity index (χ2v) is 23.0. The van der Waals surface area contributed by atoms with E-state index >= 15 is 0 Å². The van der Waals surface area contributed by atoms with E-state index in [0.717, 1.165) is 59.1 Å². The van der Waals surface area contributed by atoms with Crippen molar-refractivity contribution in [2.24, 2.45) is 5.41 Å². The van der Waals surface area contributed by atoms with Crippen molar-refractivity contribution in [3.05, 3.63) is 239 Å². The molecule has 0 atom stereocenters. The molecule has 9 aromatic rings. The fraction of sp³-hybridized carbons (Fsp3) is 0.194. The lowest BCUT2D eigenvalue weighted by Crippen LogP contribution is -2.44. The summed E-state index contributed by atoms with van der Waals surface area (Å²) in [5, 5.41) is 27.7. The normalized spacial score (nSPS) is 15.7. The molecule has 0 saturated carbocycles. The van der Waals surface area contributed by atoms with Crippen LogP contribution >= 0.6 is 0 Å². The summed E-state index contributed by atoms with van der Waals surface area (Å²) in [5.74, 6) is 1.29. The molecule has 3 heterocycles. The van der Waals surface area contributed by atoms with E-state index < -0.39 is 5.41 Å². The topological polar surface area (TPSA) is 60.0 Å². The van der Waals surface area contributed by atoms with Gasteiger partial charge >= 0.3 is 0 Å². The average molecular weight is 984 g/mol. The molecule has 0 unspecified atom stereocenters. The first-order valence-electron chi connectivity index (χ1n) is 26.8. The van der Waals surface area contributed by atoms with Crippen LogP contribution in [0.1, 0.15) is 76.6 Å². The summed E-state index contributed by atoms with van der Waals surface area (Å²) >= 11 is 0. The summed E-state index contributed by atoms with van der Waals surface area (Å²) in [5.41, 5.74) is 16.0. The number of nitrogens with zero attached hydrogens (tertiary/aromatic N) is 3. The molecule has 12 rings (SSSR count). The van der Waals surface area contributed by atoms with E-state index in [2.05, 4.69) is 241 Å². The maximum absolute atomic E-state index is 10.3. The quantitative estimate of drug-likeness (QED) is 0.107. The molecule has 370 valence electrons. The largest absolute Gasteiger partial charge is 0.461 e. The van der Waals surface area contributed by atoms with Crippen LogP contribution in [0.2, 0.25) is 0 Å². The number of hydrogen-bond donors (Lipinski definition) is 0. The van der Waals surface area contributed by atoms with Crippen molar-refractivity contribution in [1.29, 1.82) is 10.5 Å². The molecule has 0 aliphatic carbocycles. The lowest BCUT2D eigenvalue weighted by molar-refractivity contribution is 0.209. The Balaban J connectivity index is 1.04. The first-order chi connectivity index (χ1) is 36.8. The predicted molar refractivity (Wildman–Crippen MR) is 317 cm³/mol. The molecular weight excluding hydrogens is 923 g/mol. The molecule has 76 heavy (non-hydrogen) atoms. The standard InChI is InChI=1S/C72H61N3O/c1-70(2)35-37-75-38-36-71(3,4)61-41-47(40-60(70)69(61)75)31-33-55-42-53(54(45-73)46-74)43-62(76-55)72(5,6)44-48-32-34-58-59(39-48)66(52-27-17-10-18-28-52)68-64(50-23-13-8-14-24-50)57-30-20-19-29-56(57)63(49-21-11-7-12-22-49)67(68)65(58)51-25-15-9-16-26-51/h7-34,39-43H,35-38,44H2,1-6H3/b33-31+. The van der Waals surface area contributed by atoms with Gasteiger partial charge in [-0.1, -0.05) is 211 Å². The van der Waals surface area contributed by atoms with Gasteiger partial charge in [-0.25, -0.2) is 0 Å². The Labute approximate surface area is 447 Å². The molecule has 3 aliphatic rings. The lowest BCUT2D eigenvalue weighted by atomic mass is 9.69. The van der Waals surface area contributed by atoms with Crippen molar-refractivity contribution in [3.8, 4) is 56.6 Å². The Morgan fingerprint density at radius 2 is 0.974 bits per heavy atom. The van der Waals surface area contributed by atoms with Gasteiger partial charge in [-0.2, -0.15) is 10.5 Å². The minimum Gasteiger partial charge on any atom is -0.461 e. The van der Waals surface area contributed by atoms with E-state index in [-0.39, 0.29) is 16.4 Å². The Kier molecular flexibility index (Phi) is 12.0. The number of allylic oxidation sites excluding steroid dienone is 6. The number of ether oxygens (including phenoxy) is 1. The third-order valence-electron chi connectivity index (χ3n) is 16.6. The smallest absolute Gasteiger partial charge is 0.137 e. The van der Waals surface area contributed by atoms with Crippen LogP contribution in [-0.2, 0) is 22.0 Å². The van der Waals surface area contributed by atoms with Gasteiger partial charge in [0.15, 0.2) is 0 Å². The minimum atomic E-state index is -0.576. The highest BCUT2D eigenvalue weighted by atomic mass is 16.5. The number of benzene rings is 9. The highest BCUT2D eigenvalue weighted by Crippen LogP contribution is 2.55. The van der Waals surface area contributed by atoms with Gasteiger partial charge in [0.05, 0.1) is 0 Å². The van der Waals surface area contributed by atoms with Crippen molar-refractivity contribution in [2.75, 3.05) is 18.0 Å². The highest BCUT2D eigenvalue weighted by Gasteiger charge is 2.40. The summed E-state index contributed by atoms with van der Waals surface area (Å²) in [6, 6.07) is 68.7. The monoisotopic (exact) mass is 983 g/mol. The van der Waals surface area contributed by atoms with Crippen LogP contribution in [0.4, 0.5) is 5.69 Å². The average Bonchev–Trinajstić information content (AvgIpc) is 3.59. The fourth-order valence-corrected chi connectivity index (χ4v) is 12.5. The molecule has 0 amide bonds. The van der Waals surface area contributed by atoms with Crippen molar-refractivity contribution >= 4 is 44.1 Å². The van der Waals surface area contributed by atoms with Crippen LogP contribution < -0.4 is 4.90 Å². The fourth-order valence-electron chi connectivity index (χ4n) is 12.5. The zero-order chi connectivity index (χ0) is 52.3. The molecule has 0 aromatic heterocycles. The van der Waals surface area contributed by atoms with E-state index in [0.29, 0.717) is 23.5 Å². The molecule has 0 saturated heterocycles. The Morgan fingerprint density at radius 3 is 1.43 bits per heavy atom. The van der Waals surface area contributed by atoms with Crippen molar-refractivity contribution in [3.63, 3.8) is 0 Å². The van der Waals surface area contributed by atoms with Gasteiger partial charge in [0, 0.05) is 29.8 Å². The van der Waals surface area contributed by atoms with E-state index in [1.54, 1.807) is 0 Å². The number of anilines is 1. The molecule has 4 heteroatoms. The number of rotatable bonds is 9. The van der Waals surface area contributed by atoms with Crippen molar-refractivity contribution < 1.29 is 4.74 Å². The van der Waals surface area contributed by atoms with Crippen LogP contribution in [0.25, 0.3) is 82.9 Å². The molecule has 0 spiro atoms. The zero-order valence-electron chi connectivity index (χ0n) is 44.3. The Morgan fingerprint density at radius 1 is 0.539 bits per heavy atom. The summed E-state index contributed by atoms with van der Waals surface area (Å²) in [6.45, 7) is 16.1. The summed E-state index contributed by atoms with van der Waals surface area (Å²) in [4.78, 5) is 2.59. The first-order valence-corrected chi connectivity index (χ1v) is 26.8. The maximum atomic E-state index is 10.3. The van der Waals surface area contributed by atoms with Crippen molar-refractivity contribution in [2.45, 2.75) is 71.6 Å². The van der Waals surface area contributed by atoms with Gasteiger partial charge in [0.2, 0.25) is 0 Å². The molecule has 0 radical (unpaired) electrons. The lowest BCUT2D eigenvalue weighted by Gasteiger charge is -2.48. The van der Waals surface area contributed by atoms with Gasteiger partial charge in [-0.05, 0) is 160 Å². The van der Waals surface area contributed by atoms with Crippen LogP contribution in [0.3, 0.4) is 0 Å². The first kappa shape index (κ1) is 48.3. The summed E-state index contributed by atoms with van der Waals surface area (Å²) in [6.07, 6.45) is 10.7. The van der Waals surface area contributed by atoms with Crippen LogP contribution in [0, 0.1) is 28.1 Å². The van der Waals surface area contributed by atoms with E-state index in [1.165, 1.54) is 71.6 Å². The second-order valence-electron chi connectivity index (χ2n) is 23.0. The minimum absolute atomic E-state index is 0.0489. The van der Waals surface area contributed by atoms with Crippen molar-refractivity contribution in [1.82, 2.24) is 0 Å². The van der Waals surface area contributed by atoms with Gasteiger partial charge in [0.1, 0.15) is 29.2 Å². The van der Waals surface area contributed by atoms with E-state index in [4.69, 9.17) is 4.74 Å². The van der Waals surface area contributed by atoms with Crippen LogP contribution in [-0.4, -0.2) is 13.1 Å². The zero-order valence-corrected chi connectivity index (χ0v) is 44.3. The third kappa shape index (κ3) is 8.40. The molecule has 0 N–H and O–H groups in total. The SMILES string of the molecule is CC(C)(Cc1ccc2c(-c3ccccc3)c3c(-c4ccccc4)c4ccccc4c(-c4ccccc4)c3c(-c3ccccc3)c2c1)C1=CC(=C(C#N)C#N)C=C(/C=C/c2cc3c4c(c2)C(C)(C)CCN4CCC3(C)C)O1. The molecule has 0 fully saturated rings. The predicted octanol–water partition coefficient (Wildman–Crippen LogP) is 18.4. The number of hydrogen-bond acceptors (Lipinski definition) is 4. The van der Waals surface area contributed by atoms with Crippen LogP contribution in [0.5, 0.6) is 0 Å². The van der Waals surface area contributed by atoms with Crippen LogP contribution in [0.15, 0.2) is 217 Å². The molecule has 3 aliphatic heterocycles.